The molecular weight excluding hydrogens is 256 g/mol. The number of ether oxygens (including phenoxy) is 1. The maximum atomic E-state index is 12.1. The normalized spacial score (nSPS) is 11.5. The maximum absolute atomic E-state index is 12.1. The number of nitrogens with zero attached hydrogens (tertiary/aromatic N) is 1. The lowest BCUT2D eigenvalue weighted by Crippen LogP contribution is -2.39. The summed E-state index contributed by atoms with van der Waals surface area (Å²) in [6.45, 7) is 5.57. The number of phenols is 1. The number of rotatable bonds is 6. The van der Waals surface area contributed by atoms with Gasteiger partial charge in [0.15, 0.2) is 0 Å². The van der Waals surface area contributed by atoms with Crippen LogP contribution in [-0.4, -0.2) is 50.2 Å². The lowest BCUT2D eigenvalue weighted by atomic mass is 9.93. The number of benzene rings is 1. The Morgan fingerprint density at radius 3 is 2.55 bits per heavy atom. The van der Waals surface area contributed by atoms with Crippen LogP contribution in [0.15, 0.2) is 18.2 Å². The van der Waals surface area contributed by atoms with Crippen molar-refractivity contribution in [3.05, 3.63) is 23.8 Å². The standard InChI is InChI=1S/C15H24N2O3/c1-15(2,10-17(3)4)9-16-14(19)12-7-6-11(20-5)8-13(12)18/h6-8,18H,9-10H2,1-5H3,(H,16,19). The lowest BCUT2D eigenvalue weighted by Gasteiger charge is -2.28. The molecule has 0 aliphatic heterocycles. The fourth-order valence-electron chi connectivity index (χ4n) is 2.16. The van der Waals surface area contributed by atoms with Crippen molar-refractivity contribution in [3.8, 4) is 11.5 Å². The van der Waals surface area contributed by atoms with E-state index in [2.05, 4.69) is 24.1 Å². The molecule has 1 aromatic rings. The van der Waals surface area contributed by atoms with Gasteiger partial charge in [0, 0.05) is 19.2 Å². The van der Waals surface area contributed by atoms with E-state index in [0.29, 0.717) is 12.3 Å². The SMILES string of the molecule is COc1ccc(C(=O)NCC(C)(C)CN(C)C)c(O)c1. The van der Waals surface area contributed by atoms with Crippen LogP contribution in [-0.2, 0) is 0 Å². The number of aromatic hydroxyl groups is 1. The number of hydrogen-bond acceptors (Lipinski definition) is 4. The molecule has 0 heterocycles. The Morgan fingerprint density at radius 2 is 2.05 bits per heavy atom. The molecule has 0 saturated carbocycles. The first-order valence-corrected chi connectivity index (χ1v) is 6.55. The van der Waals surface area contributed by atoms with Crippen molar-refractivity contribution in [2.24, 2.45) is 5.41 Å². The highest BCUT2D eigenvalue weighted by molar-refractivity contribution is 5.97. The van der Waals surface area contributed by atoms with E-state index in [4.69, 9.17) is 4.74 Å². The molecule has 0 saturated heterocycles. The Hall–Kier alpha value is -1.75. The van der Waals surface area contributed by atoms with Crippen molar-refractivity contribution in [3.63, 3.8) is 0 Å². The highest BCUT2D eigenvalue weighted by atomic mass is 16.5. The molecule has 1 amide bonds. The first-order chi connectivity index (χ1) is 9.25. The smallest absolute Gasteiger partial charge is 0.255 e. The summed E-state index contributed by atoms with van der Waals surface area (Å²) in [7, 11) is 5.51. The molecule has 5 nitrogen and oxygen atoms in total. The van der Waals surface area contributed by atoms with Gasteiger partial charge in [0.05, 0.1) is 12.7 Å². The van der Waals surface area contributed by atoms with Crippen LogP contribution in [0.1, 0.15) is 24.2 Å². The van der Waals surface area contributed by atoms with Gasteiger partial charge in [-0.2, -0.15) is 0 Å². The minimum Gasteiger partial charge on any atom is -0.507 e. The molecule has 0 aliphatic rings. The summed E-state index contributed by atoms with van der Waals surface area (Å²) < 4.78 is 4.99. The number of amides is 1. The third kappa shape index (κ3) is 4.74. The van der Waals surface area contributed by atoms with E-state index < -0.39 is 0 Å². The van der Waals surface area contributed by atoms with Gasteiger partial charge in [-0.25, -0.2) is 0 Å². The molecule has 0 aromatic heterocycles. The summed E-state index contributed by atoms with van der Waals surface area (Å²) in [5.41, 5.74) is 0.216. The summed E-state index contributed by atoms with van der Waals surface area (Å²) in [4.78, 5) is 14.2. The van der Waals surface area contributed by atoms with Gasteiger partial charge < -0.3 is 20.1 Å². The average molecular weight is 280 g/mol. The van der Waals surface area contributed by atoms with Crippen LogP contribution in [0.2, 0.25) is 0 Å². The fourth-order valence-corrected chi connectivity index (χ4v) is 2.16. The van der Waals surface area contributed by atoms with E-state index in [1.165, 1.54) is 13.2 Å². The summed E-state index contributed by atoms with van der Waals surface area (Å²) >= 11 is 0. The first-order valence-electron chi connectivity index (χ1n) is 6.55. The second-order valence-corrected chi connectivity index (χ2v) is 5.97. The molecule has 0 fully saturated rings. The van der Waals surface area contributed by atoms with Crippen LogP contribution in [0.25, 0.3) is 0 Å². The molecule has 0 spiro atoms. The number of carbonyl (C=O) groups excluding carboxylic acids is 1. The highest BCUT2D eigenvalue weighted by Gasteiger charge is 2.21. The van der Waals surface area contributed by atoms with Crippen LogP contribution < -0.4 is 10.1 Å². The third-order valence-corrected chi connectivity index (χ3v) is 2.92. The maximum Gasteiger partial charge on any atom is 0.255 e. The number of phenolic OH excluding ortho intramolecular Hbond substituents is 1. The predicted octanol–water partition coefficient (Wildman–Crippen LogP) is 1.72. The largest absolute Gasteiger partial charge is 0.507 e. The van der Waals surface area contributed by atoms with Crippen molar-refractivity contribution in [2.45, 2.75) is 13.8 Å². The lowest BCUT2D eigenvalue weighted by molar-refractivity contribution is 0.0926. The van der Waals surface area contributed by atoms with Gasteiger partial charge in [-0.1, -0.05) is 13.8 Å². The van der Waals surface area contributed by atoms with Gasteiger partial charge in [0.2, 0.25) is 0 Å². The Kier molecular flexibility index (Phi) is 5.39. The fraction of sp³-hybridized carbons (Fsp3) is 0.533. The van der Waals surface area contributed by atoms with E-state index in [1.54, 1.807) is 12.1 Å². The minimum absolute atomic E-state index is 0.0404. The van der Waals surface area contributed by atoms with Gasteiger partial charge >= 0.3 is 0 Å². The number of methoxy groups -OCH3 is 1. The Morgan fingerprint density at radius 1 is 1.40 bits per heavy atom. The molecule has 20 heavy (non-hydrogen) atoms. The van der Waals surface area contributed by atoms with Crippen molar-refractivity contribution in [1.29, 1.82) is 0 Å². The summed E-state index contributed by atoms with van der Waals surface area (Å²) in [6.07, 6.45) is 0. The van der Waals surface area contributed by atoms with Crippen LogP contribution in [0.4, 0.5) is 0 Å². The average Bonchev–Trinajstić information content (AvgIpc) is 2.34. The van der Waals surface area contributed by atoms with Gasteiger partial charge in [-0.3, -0.25) is 4.79 Å². The molecule has 5 heteroatoms. The van der Waals surface area contributed by atoms with Crippen LogP contribution in [0.3, 0.4) is 0 Å². The zero-order chi connectivity index (χ0) is 15.3. The molecule has 0 atom stereocenters. The van der Waals surface area contributed by atoms with Crippen LogP contribution >= 0.6 is 0 Å². The molecule has 0 unspecified atom stereocenters. The van der Waals surface area contributed by atoms with Gasteiger partial charge in [0.1, 0.15) is 11.5 Å². The predicted molar refractivity (Wildman–Crippen MR) is 79.3 cm³/mol. The number of nitrogens with one attached hydrogen (secondary N) is 1. The van der Waals surface area contributed by atoms with Crippen LogP contribution in [0, 0.1) is 5.41 Å². The van der Waals surface area contributed by atoms with E-state index in [1.807, 2.05) is 14.1 Å². The van der Waals surface area contributed by atoms with E-state index in [9.17, 15) is 9.90 Å². The Labute approximate surface area is 120 Å². The molecule has 0 radical (unpaired) electrons. The van der Waals surface area contributed by atoms with Crippen molar-refractivity contribution >= 4 is 5.91 Å². The second-order valence-electron chi connectivity index (χ2n) is 5.97. The molecule has 1 rings (SSSR count). The first kappa shape index (κ1) is 16.3. The Balaban J connectivity index is 2.68. The molecule has 112 valence electrons. The topological polar surface area (TPSA) is 61.8 Å². The quantitative estimate of drug-likeness (QED) is 0.833. The monoisotopic (exact) mass is 280 g/mol. The van der Waals surface area contributed by atoms with E-state index in [0.717, 1.165) is 6.54 Å². The van der Waals surface area contributed by atoms with Gasteiger partial charge in [-0.05, 0) is 31.6 Å². The number of carbonyl (C=O) groups is 1. The van der Waals surface area contributed by atoms with E-state index >= 15 is 0 Å². The van der Waals surface area contributed by atoms with E-state index in [-0.39, 0.29) is 22.6 Å². The van der Waals surface area contributed by atoms with Gasteiger partial charge in [0.25, 0.3) is 5.91 Å². The molecule has 0 bridgehead atoms. The zero-order valence-electron chi connectivity index (χ0n) is 12.9. The van der Waals surface area contributed by atoms with Crippen molar-refractivity contribution in [2.75, 3.05) is 34.3 Å². The second kappa shape index (κ2) is 6.61. The molecule has 1 aromatic carbocycles. The highest BCUT2D eigenvalue weighted by Crippen LogP contribution is 2.23. The van der Waals surface area contributed by atoms with Crippen molar-refractivity contribution in [1.82, 2.24) is 10.2 Å². The Bertz CT molecular complexity index is 470. The zero-order valence-corrected chi connectivity index (χ0v) is 12.9. The molecule has 0 aliphatic carbocycles. The van der Waals surface area contributed by atoms with Crippen molar-refractivity contribution < 1.29 is 14.6 Å². The third-order valence-electron chi connectivity index (χ3n) is 2.92. The van der Waals surface area contributed by atoms with Gasteiger partial charge in [-0.15, -0.1) is 0 Å². The molecule has 2 N–H and O–H groups in total. The number of hydrogen-bond donors (Lipinski definition) is 2. The summed E-state index contributed by atoms with van der Waals surface area (Å²) in [5, 5.41) is 12.7. The minimum atomic E-state index is -0.281. The molecular formula is C15H24N2O3. The summed E-state index contributed by atoms with van der Waals surface area (Å²) in [5.74, 6) is 0.163. The summed E-state index contributed by atoms with van der Waals surface area (Å²) in [6, 6.07) is 4.64. The van der Waals surface area contributed by atoms with Crippen LogP contribution in [0.5, 0.6) is 11.5 Å².